The van der Waals surface area contributed by atoms with Crippen LogP contribution in [0.5, 0.6) is 0 Å². The van der Waals surface area contributed by atoms with E-state index in [2.05, 4.69) is 5.92 Å². The molecule has 0 radical (unpaired) electrons. The molecule has 0 spiro atoms. The average molecular weight is 284 g/mol. The van der Waals surface area contributed by atoms with E-state index in [1.165, 1.54) is 0 Å². The number of ether oxygens (including phenoxy) is 5. The van der Waals surface area contributed by atoms with Crippen LogP contribution in [0.15, 0.2) is 0 Å². The molecule has 5 atom stereocenters. The molecule has 0 aromatic heterocycles. The molecule has 112 valence electrons. The van der Waals surface area contributed by atoms with Gasteiger partial charge in [0, 0.05) is 0 Å². The third-order valence-corrected chi connectivity index (χ3v) is 3.76. The van der Waals surface area contributed by atoms with E-state index < -0.39 is 35.7 Å². The Kier molecular flexibility index (Phi) is 2.97. The molecule has 3 heterocycles. The second-order valence-corrected chi connectivity index (χ2v) is 6.31. The van der Waals surface area contributed by atoms with Crippen LogP contribution in [0.25, 0.3) is 0 Å². The highest BCUT2D eigenvalue weighted by molar-refractivity contribution is 5.16. The maximum absolute atomic E-state index is 10.4. The summed E-state index contributed by atoms with van der Waals surface area (Å²) in [6.07, 6.45) is 3.26. The monoisotopic (exact) mass is 284 g/mol. The van der Waals surface area contributed by atoms with Crippen molar-refractivity contribution in [1.29, 1.82) is 0 Å². The van der Waals surface area contributed by atoms with Crippen LogP contribution in [0.2, 0.25) is 0 Å². The first kappa shape index (κ1) is 14.3. The normalized spacial score (nSPS) is 49.0. The predicted molar refractivity (Wildman–Crippen MR) is 67.4 cm³/mol. The first-order chi connectivity index (χ1) is 9.16. The molecule has 0 bridgehead atoms. The maximum Gasteiger partial charge on any atom is 0.261 e. The largest absolute Gasteiger partial charge is 0.353 e. The van der Waals surface area contributed by atoms with Gasteiger partial charge in [-0.2, -0.15) is 0 Å². The van der Waals surface area contributed by atoms with Crippen LogP contribution >= 0.6 is 0 Å². The number of aliphatic hydroxyl groups is 1. The Bertz CT molecular complexity index is 453. The summed E-state index contributed by atoms with van der Waals surface area (Å²) in [7, 11) is 0. The summed E-state index contributed by atoms with van der Waals surface area (Å²) in [5, 5.41) is 10.4. The van der Waals surface area contributed by atoms with E-state index in [0.29, 0.717) is 6.61 Å². The van der Waals surface area contributed by atoms with E-state index in [0.717, 1.165) is 0 Å². The van der Waals surface area contributed by atoms with Crippen molar-refractivity contribution < 1.29 is 28.8 Å². The van der Waals surface area contributed by atoms with Gasteiger partial charge >= 0.3 is 0 Å². The fourth-order valence-corrected chi connectivity index (χ4v) is 2.95. The van der Waals surface area contributed by atoms with Crippen LogP contribution in [-0.4, -0.2) is 53.5 Å². The molecule has 3 aliphatic rings. The molecule has 3 aliphatic heterocycles. The minimum absolute atomic E-state index is 0.353. The third-order valence-electron chi connectivity index (χ3n) is 3.76. The Hall–Kier alpha value is -0.680. The predicted octanol–water partition coefficient (Wildman–Crippen LogP) is 0.379. The van der Waals surface area contributed by atoms with Crippen LogP contribution in [0.3, 0.4) is 0 Å². The fourth-order valence-electron chi connectivity index (χ4n) is 2.95. The van der Waals surface area contributed by atoms with Crippen LogP contribution in [0, 0.1) is 12.3 Å². The molecule has 3 saturated heterocycles. The lowest BCUT2D eigenvalue weighted by Gasteiger charge is -2.28. The molecule has 0 saturated carbocycles. The molecule has 1 unspecified atom stereocenters. The second-order valence-electron chi connectivity index (χ2n) is 6.31. The van der Waals surface area contributed by atoms with Crippen molar-refractivity contribution in [3.63, 3.8) is 0 Å². The van der Waals surface area contributed by atoms with Crippen molar-refractivity contribution in [2.75, 3.05) is 6.61 Å². The summed E-state index contributed by atoms with van der Waals surface area (Å²) in [6.45, 7) is 7.54. The summed E-state index contributed by atoms with van der Waals surface area (Å²) in [5.74, 6) is -1.06. The molecular formula is C14H20O6. The first-order valence-electron chi connectivity index (χ1n) is 6.71. The molecule has 1 N–H and O–H groups in total. The van der Waals surface area contributed by atoms with Crippen LogP contribution in [0.4, 0.5) is 0 Å². The molecule has 20 heavy (non-hydrogen) atoms. The van der Waals surface area contributed by atoms with Gasteiger partial charge in [-0.05, 0) is 33.6 Å². The lowest BCUT2D eigenvalue weighted by atomic mass is 10.0. The molecule has 0 aliphatic carbocycles. The van der Waals surface area contributed by atoms with Crippen molar-refractivity contribution in [1.82, 2.24) is 0 Å². The molecule has 3 fully saturated rings. The van der Waals surface area contributed by atoms with E-state index in [9.17, 15) is 5.11 Å². The van der Waals surface area contributed by atoms with Gasteiger partial charge in [-0.25, -0.2) is 0 Å². The van der Waals surface area contributed by atoms with Gasteiger partial charge in [-0.3, -0.25) is 0 Å². The molecular weight excluding hydrogens is 264 g/mol. The van der Waals surface area contributed by atoms with Gasteiger partial charge in [0.1, 0.15) is 18.3 Å². The number of rotatable bonds is 1. The Balaban J connectivity index is 1.85. The summed E-state index contributed by atoms with van der Waals surface area (Å²) >= 11 is 0. The molecule has 0 aromatic rings. The number of fused-ring (bicyclic) bond motifs is 1. The fraction of sp³-hybridized carbons (Fsp3) is 0.857. The van der Waals surface area contributed by atoms with E-state index >= 15 is 0 Å². The standard InChI is InChI=1S/C14H20O6/c1-6-14(15)11-10(18-13(4,5)20-11)9(19-14)8-7-16-12(2,3)17-8/h1,8-11,15H,7H2,2-5H3/t8-,9-,10+,11+,14?/m1/s1. The Morgan fingerprint density at radius 3 is 2.25 bits per heavy atom. The van der Waals surface area contributed by atoms with Crippen molar-refractivity contribution in [2.45, 2.75) is 69.5 Å². The lowest BCUT2D eigenvalue weighted by molar-refractivity contribution is -0.261. The Morgan fingerprint density at radius 1 is 1.00 bits per heavy atom. The molecule has 3 rings (SSSR count). The highest BCUT2D eigenvalue weighted by atomic mass is 16.8. The highest BCUT2D eigenvalue weighted by Crippen LogP contribution is 2.45. The van der Waals surface area contributed by atoms with Gasteiger partial charge in [0.25, 0.3) is 5.79 Å². The van der Waals surface area contributed by atoms with Crippen molar-refractivity contribution in [3.05, 3.63) is 0 Å². The summed E-state index contributed by atoms with van der Waals surface area (Å²) < 4.78 is 28.4. The van der Waals surface area contributed by atoms with Gasteiger partial charge in [-0.1, -0.05) is 0 Å². The number of hydrogen-bond acceptors (Lipinski definition) is 6. The summed E-state index contributed by atoms with van der Waals surface area (Å²) in [6, 6.07) is 0. The lowest BCUT2D eigenvalue weighted by Crippen LogP contribution is -2.42. The van der Waals surface area contributed by atoms with Crippen LogP contribution in [-0.2, 0) is 23.7 Å². The van der Waals surface area contributed by atoms with Gasteiger partial charge in [-0.15, -0.1) is 6.42 Å². The zero-order chi connectivity index (χ0) is 14.8. The maximum atomic E-state index is 10.4. The van der Waals surface area contributed by atoms with Crippen LogP contribution in [0.1, 0.15) is 27.7 Å². The van der Waals surface area contributed by atoms with Gasteiger partial charge < -0.3 is 28.8 Å². The van der Waals surface area contributed by atoms with Gasteiger partial charge in [0.2, 0.25) is 0 Å². The zero-order valence-electron chi connectivity index (χ0n) is 12.1. The smallest absolute Gasteiger partial charge is 0.261 e. The molecule has 0 amide bonds. The first-order valence-corrected chi connectivity index (χ1v) is 6.71. The molecule has 6 heteroatoms. The average Bonchev–Trinajstić information content (AvgIpc) is 2.92. The highest BCUT2D eigenvalue weighted by Gasteiger charge is 2.64. The Labute approximate surface area is 118 Å². The van der Waals surface area contributed by atoms with Crippen molar-refractivity contribution in [2.24, 2.45) is 0 Å². The van der Waals surface area contributed by atoms with E-state index in [-0.39, 0.29) is 6.10 Å². The van der Waals surface area contributed by atoms with Crippen molar-refractivity contribution in [3.8, 4) is 12.3 Å². The third kappa shape index (κ3) is 2.15. The van der Waals surface area contributed by atoms with E-state index in [1.807, 2.05) is 13.8 Å². The quantitative estimate of drug-likeness (QED) is 0.702. The van der Waals surface area contributed by atoms with Crippen molar-refractivity contribution >= 4 is 0 Å². The minimum Gasteiger partial charge on any atom is -0.353 e. The van der Waals surface area contributed by atoms with E-state index in [1.54, 1.807) is 13.8 Å². The topological polar surface area (TPSA) is 66.4 Å². The summed E-state index contributed by atoms with van der Waals surface area (Å²) in [5.41, 5.74) is 0. The SMILES string of the molecule is C#CC1(O)O[C@H]([C@H]2COC(C)(C)O2)[C@@H]2OC(C)(C)O[C@@H]21. The van der Waals surface area contributed by atoms with Crippen LogP contribution < -0.4 is 0 Å². The molecule has 6 nitrogen and oxygen atoms in total. The molecule has 0 aromatic carbocycles. The van der Waals surface area contributed by atoms with Gasteiger partial charge in [0.15, 0.2) is 17.7 Å². The second kappa shape index (κ2) is 4.17. The minimum atomic E-state index is -1.81. The van der Waals surface area contributed by atoms with Gasteiger partial charge in [0.05, 0.1) is 6.61 Å². The number of terminal acetylenes is 1. The van der Waals surface area contributed by atoms with E-state index in [4.69, 9.17) is 30.1 Å². The number of hydrogen-bond donors (Lipinski definition) is 1. The zero-order valence-corrected chi connectivity index (χ0v) is 12.1. The summed E-state index contributed by atoms with van der Waals surface area (Å²) in [4.78, 5) is 0. The Morgan fingerprint density at radius 2 is 1.70 bits per heavy atom.